The van der Waals surface area contributed by atoms with Crippen LogP contribution in [-0.2, 0) is 0 Å². The molecule has 0 saturated heterocycles. The predicted molar refractivity (Wildman–Crippen MR) is 66.3 cm³/mol. The number of benzene rings is 2. The summed E-state index contributed by atoms with van der Waals surface area (Å²) in [4.78, 5) is 0. The fourth-order valence-corrected chi connectivity index (χ4v) is 1.68. The summed E-state index contributed by atoms with van der Waals surface area (Å²) in [5.41, 5.74) is 7.04. The Balaban J connectivity index is 2.50. The van der Waals surface area contributed by atoms with Gasteiger partial charge in [0.05, 0.1) is 15.7 Å². The molecule has 0 amide bonds. The molecule has 4 heteroatoms. The van der Waals surface area contributed by atoms with Crippen LogP contribution < -0.4 is 5.73 Å². The zero-order chi connectivity index (χ0) is 11.7. The molecule has 0 saturated carbocycles. The smallest absolute Gasteiger partial charge is 0.146 e. The van der Waals surface area contributed by atoms with E-state index in [1.54, 1.807) is 24.3 Å². The third-order valence-corrected chi connectivity index (χ3v) is 2.99. The highest BCUT2D eigenvalue weighted by Crippen LogP contribution is 2.29. The zero-order valence-electron chi connectivity index (χ0n) is 8.18. The van der Waals surface area contributed by atoms with E-state index in [9.17, 15) is 4.39 Å². The number of halogens is 3. The zero-order valence-corrected chi connectivity index (χ0v) is 9.69. The summed E-state index contributed by atoms with van der Waals surface area (Å²) in [6.45, 7) is 0. The van der Waals surface area contributed by atoms with Crippen LogP contribution in [0.3, 0.4) is 0 Å². The molecule has 0 unspecified atom stereocenters. The molecule has 0 spiro atoms. The van der Waals surface area contributed by atoms with Gasteiger partial charge in [-0.25, -0.2) is 4.39 Å². The maximum Gasteiger partial charge on any atom is 0.146 e. The van der Waals surface area contributed by atoms with Gasteiger partial charge in [0, 0.05) is 0 Å². The summed E-state index contributed by atoms with van der Waals surface area (Å²) in [5, 5.41) is 0.915. The first-order valence-electron chi connectivity index (χ1n) is 4.58. The molecular formula is C12H8Cl2FN. The maximum atomic E-state index is 13.3. The van der Waals surface area contributed by atoms with Crippen molar-refractivity contribution in [3.8, 4) is 11.1 Å². The highest BCUT2D eigenvalue weighted by Gasteiger charge is 2.04. The number of rotatable bonds is 1. The molecule has 0 aliphatic heterocycles. The van der Waals surface area contributed by atoms with Crippen molar-refractivity contribution in [3.63, 3.8) is 0 Å². The summed E-state index contributed by atoms with van der Waals surface area (Å²) in [7, 11) is 0. The Bertz CT molecular complexity index is 491. The second-order valence-electron chi connectivity index (χ2n) is 3.37. The molecule has 2 aromatic rings. The lowest BCUT2D eigenvalue weighted by atomic mass is 10.1. The first-order chi connectivity index (χ1) is 7.58. The molecular weight excluding hydrogens is 248 g/mol. The number of hydrogen-bond acceptors (Lipinski definition) is 1. The molecule has 0 aromatic heterocycles. The average Bonchev–Trinajstić information content (AvgIpc) is 2.26. The van der Waals surface area contributed by atoms with Crippen LogP contribution in [-0.4, -0.2) is 0 Å². The molecule has 0 bridgehead atoms. The van der Waals surface area contributed by atoms with Crippen molar-refractivity contribution >= 4 is 28.9 Å². The molecule has 2 rings (SSSR count). The Morgan fingerprint density at radius 1 is 0.875 bits per heavy atom. The van der Waals surface area contributed by atoms with Gasteiger partial charge in [0.15, 0.2) is 0 Å². The number of hydrogen-bond donors (Lipinski definition) is 1. The van der Waals surface area contributed by atoms with Crippen LogP contribution >= 0.6 is 23.2 Å². The van der Waals surface area contributed by atoms with Gasteiger partial charge in [0.25, 0.3) is 0 Å². The van der Waals surface area contributed by atoms with Gasteiger partial charge >= 0.3 is 0 Å². The first kappa shape index (κ1) is 11.2. The van der Waals surface area contributed by atoms with E-state index < -0.39 is 5.82 Å². The van der Waals surface area contributed by atoms with Crippen molar-refractivity contribution in [2.24, 2.45) is 0 Å². The van der Waals surface area contributed by atoms with Crippen LogP contribution in [0.1, 0.15) is 0 Å². The molecule has 82 valence electrons. The van der Waals surface area contributed by atoms with E-state index in [1.165, 1.54) is 12.1 Å². The normalized spacial score (nSPS) is 10.4. The van der Waals surface area contributed by atoms with Crippen LogP contribution in [0, 0.1) is 5.82 Å². The second-order valence-corrected chi connectivity index (χ2v) is 4.18. The van der Waals surface area contributed by atoms with Gasteiger partial charge in [-0.3, -0.25) is 0 Å². The molecule has 2 aromatic carbocycles. The Kier molecular flexibility index (Phi) is 3.03. The van der Waals surface area contributed by atoms with E-state index >= 15 is 0 Å². The van der Waals surface area contributed by atoms with Gasteiger partial charge in [-0.1, -0.05) is 35.3 Å². The standard InChI is InChI=1S/C12H8Cl2FN/c13-9-3-1-7(5-10(9)14)8-2-4-12(16)11(15)6-8/h1-6H,16H2. The van der Waals surface area contributed by atoms with Crippen LogP contribution in [0.5, 0.6) is 0 Å². The summed E-state index contributed by atoms with van der Waals surface area (Å²) in [6, 6.07) is 9.77. The van der Waals surface area contributed by atoms with Gasteiger partial charge in [-0.05, 0) is 35.4 Å². The Hall–Kier alpha value is -1.25. The molecule has 0 atom stereocenters. The van der Waals surface area contributed by atoms with E-state index in [2.05, 4.69) is 0 Å². The molecule has 16 heavy (non-hydrogen) atoms. The molecule has 0 heterocycles. The summed E-state index contributed by atoms with van der Waals surface area (Å²) in [5.74, 6) is -0.441. The highest BCUT2D eigenvalue weighted by molar-refractivity contribution is 6.42. The number of anilines is 1. The lowest BCUT2D eigenvalue weighted by Gasteiger charge is -2.05. The first-order valence-corrected chi connectivity index (χ1v) is 5.34. The maximum absolute atomic E-state index is 13.3. The molecule has 2 N–H and O–H groups in total. The highest BCUT2D eigenvalue weighted by atomic mass is 35.5. The van der Waals surface area contributed by atoms with E-state index in [0.717, 1.165) is 5.56 Å². The van der Waals surface area contributed by atoms with Gasteiger partial charge in [-0.15, -0.1) is 0 Å². The van der Waals surface area contributed by atoms with E-state index in [1.807, 2.05) is 0 Å². The second kappa shape index (κ2) is 4.32. The monoisotopic (exact) mass is 255 g/mol. The van der Waals surface area contributed by atoms with E-state index in [0.29, 0.717) is 15.6 Å². The predicted octanol–water partition coefficient (Wildman–Crippen LogP) is 4.38. The van der Waals surface area contributed by atoms with Crippen molar-refractivity contribution in [3.05, 3.63) is 52.3 Å². The molecule has 0 fully saturated rings. The van der Waals surface area contributed by atoms with Gasteiger partial charge in [0.1, 0.15) is 5.82 Å². The number of nitrogen functional groups attached to an aromatic ring is 1. The summed E-state index contributed by atoms with van der Waals surface area (Å²) in [6.07, 6.45) is 0. The Labute approximate surface area is 103 Å². The average molecular weight is 256 g/mol. The summed E-state index contributed by atoms with van der Waals surface area (Å²) >= 11 is 11.7. The van der Waals surface area contributed by atoms with Crippen LogP contribution in [0.25, 0.3) is 11.1 Å². The molecule has 0 aliphatic rings. The number of nitrogens with two attached hydrogens (primary N) is 1. The molecule has 0 aliphatic carbocycles. The Morgan fingerprint density at radius 3 is 2.12 bits per heavy atom. The van der Waals surface area contributed by atoms with Crippen molar-refractivity contribution in [1.29, 1.82) is 0 Å². The quantitative estimate of drug-likeness (QED) is 0.752. The van der Waals surface area contributed by atoms with Crippen LogP contribution in [0.15, 0.2) is 36.4 Å². The Morgan fingerprint density at radius 2 is 1.50 bits per heavy atom. The fraction of sp³-hybridized carbons (Fsp3) is 0. The minimum atomic E-state index is -0.441. The van der Waals surface area contributed by atoms with Gasteiger partial charge in [-0.2, -0.15) is 0 Å². The van der Waals surface area contributed by atoms with Gasteiger partial charge in [0.2, 0.25) is 0 Å². The van der Waals surface area contributed by atoms with Crippen LogP contribution in [0.2, 0.25) is 10.0 Å². The van der Waals surface area contributed by atoms with Crippen molar-refractivity contribution in [2.45, 2.75) is 0 Å². The lowest BCUT2D eigenvalue weighted by molar-refractivity contribution is 0.633. The summed E-state index contributed by atoms with van der Waals surface area (Å²) < 4.78 is 13.3. The fourth-order valence-electron chi connectivity index (χ4n) is 1.38. The van der Waals surface area contributed by atoms with Crippen molar-refractivity contribution < 1.29 is 4.39 Å². The minimum absolute atomic E-state index is 0.129. The third kappa shape index (κ3) is 2.13. The van der Waals surface area contributed by atoms with Crippen molar-refractivity contribution in [2.75, 3.05) is 5.73 Å². The van der Waals surface area contributed by atoms with E-state index in [4.69, 9.17) is 28.9 Å². The SMILES string of the molecule is Nc1ccc(-c2ccc(Cl)c(Cl)c2)cc1F. The topological polar surface area (TPSA) is 26.0 Å². The van der Waals surface area contributed by atoms with Gasteiger partial charge < -0.3 is 5.73 Å². The van der Waals surface area contributed by atoms with Crippen LogP contribution in [0.4, 0.5) is 10.1 Å². The lowest BCUT2D eigenvalue weighted by Crippen LogP contribution is -1.90. The van der Waals surface area contributed by atoms with Crippen molar-refractivity contribution in [1.82, 2.24) is 0 Å². The minimum Gasteiger partial charge on any atom is -0.396 e. The molecule has 1 nitrogen and oxygen atoms in total. The van der Waals surface area contributed by atoms with E-state index in [-0.39, 0.29) is 5.69 Å². The largest absolute Gasteiger partial charge is 0.396 e. The molecule has 0 radical (unpaired) electrons. The third-order valence-electron chi connectivity index (χ3n) is 2.25.